The van der Waals surface area contributed by atoms with Crippen molar-refractivity contribution in [2.75, 3.05) is 5.32 Å². The molecule has 0 radical (unpaired) electrons. The number of hydrogen-bond donors (Lipinski definition) is 2. The number of rotatable bonds is 3. The van der Waals surface area contributed by atoms with E-state index < -0.39 is 0 Å². The summed E-state index contributed by atoms with van der Waals surface area (Å²) in [6, 6.07) is 9.65. The molecule has 4 nitrogen and oxygen atoms in total. The lowest BCUT2D eigenvalue weighted by Crippen LogP contribution is -2.00. The molecular weight excluding hydrogens is 248 g/mol. The van der Waals surface area contributed by atoms with Gasteiger partial charge in [-0.25, -0.2) is 0 Å². The van der Waals surface area contributed by atoms with Crippen molar-refractivity contribution in [3.63, 3.8) is 0 Å². The topological polar surface area (TPSA) is 53.6 Å². The van der Waals surface area contributed by atoms with Crippen LogP contribution < -0.4 is 5.32 Å². The quantitative estimate of drug-likeness (QED) is 0.758. The third-order valence-electron chi connectivity index (χ3n) is 2.75. The lowest BCUT2D eigenvalue weighted by Gasteiger charge is -2.09. The smallest absolute Gasteiger partial charge is 0.0908 e. The zero-order valence-electron chi connectivity index (χ0n) is 9.52. The van der Waals surface area contributed by atoms with Gasteiger partial charge in [-0.2, -0.15) is 5.10 Å². The van der Waals surface area contributed by atoms with Crippen LogP contribution in [0.2, 0.25) is 5.02 Å². The number of halogens is 1. The second-order valence-electron chi connectivity index (χ2n) is 3.93. The highest BCUT2D eigenvalue weighted by Gasteiger charge is 2.05. The predicted molar refractivity (Wildman–Crippen MR) is 72.7 cm³/mol. The second kappa shape index (κ2) is 4.66. The van der Waals surface area contributed by atoms with Gasteiger partial charge < -0.3 is 5.32 Å². The van der Waals surface area contributed by atoms with Crippen molar-refractivity contribution < 1.29 is 0 Å². The molecule has 0 aliphatic rings. The Kier molecular flexibility index (Phi) is 2.86. The number of nitrogens with zero attached hydrogens (tertiary/aromatic N) is 2. The molecule has 90 valence electrons. The van der Waals surface area contributed by atoms with Crippen molar-refractivity contribution in [3.05, 3.63) is 53.4 Å². The molecule has 18 heavy (non-hydrogen) atoms. The van der Waals surface area contributed by atoms with Gasteiger partial charge in [0.15, 0.2) is 0 Å². The van der Waals surface area contributed by atoms with Crippen LogP contribution in [0.5, 0.6) is 0 Å². The number of H-pyrrole nitrogens is 1. The van der Waals surface area contributed by atoms with Gasteiger partial charge in [0.1, 0.15) is 0 Å². The van der Waals surface area contributed by atoms with Gasteiger partial charge in [-0.1, -0.05) is 11.6 Å². The number of hydrogen-bond acceptors (Lipinski definition) is 3. The van der Waals surface area contributed by atoms with Crippen LogP contribution in [0.25, 0.3) is 10.9 Å². The summed E-state index contributed by atoms with van der Waals surface area (Å²) in [5.74, 6) is 0. The van der Waals surface area contributed by atoms with Crippen LogP contribution >= 0.6 is 11.6 Å². The van der Waals surface area contributed by atoms with E-state index in [1.54, 1.807) is 12.4 Å². The average Bonchev–Trinajstić information content (AvgIpc) is 2.92. The van der Waals surface area contributed by atoms with E-state index in [4.69, 9.17) is 11.6 Å². The Morgan fingerprint density at radius 1 is 1.17 bits per heavy atom. The molecule has 2 N–H and O–H groups in total. The number of pyridine rings is 1. The van der Waals surface area contributed by atoms with Crippen LogP contribution in [0, 0.1) is 0 Å². The van der Waals surface area contributed by atoms with Gasteiger partial charge in [-0.05, 0) is 30.3 Å². The molecule has 0 bridgehead atoms. The maximum Gasteiger partial charge on any atom is 0.0908 e. The van der Waals surface area contributed by atoms with Gasteiger partial charge in [-0.15, -0.1) is 0 Å². The summed E-state index contributed by atoms with van der Waals surface area (Å²) in [4.78, 5) is 4.29. The van der Waals surface area contributed by atoms with Crippen molar-refractivity contribution in [2.24, 2.45) is 0 Å². The highest BCUT2D eigenvalue weighted by Crippen LogP contribution is 2.28. The largest absolute Gasteiger partial charge is 0.379 e. The third kappa shape index (κ3) is 2.02. The lowest BCUT2D eigenvalue weighted by molar-refractivity contribution is 0.982. The van der Waals surface area contributed by atoms with E-state index in [0.29, 0.717) is 11.6 Å². The summed E-state index contributed by atoms with van der Waals surface area (Å²) in [5, 5.41) is 11.9. The molecular formula is C13H11ClN4. The highest BCUT2D eigenvalue weighted by molar-refractivity contribution is 6.35. The van der Waals surface area contributed by atoms with Gasteiger partial charge in [0, 0.05) is 23.5 Å². The van der Waals surface area contributed by atoms with Gasteiger partial charge in [0.25, 0.3) is 0 Å². The standard InChI is InChI=1S/C13H11ClN4/c14-11-3-4-12(10-2-1-6-15-13(10)11)16-8-9-5-7-17-18-9/h1-7,16H,8H2,(H,17,18). The second-order valence-corrected chi connectivity index (χ2v) is 4.34. The van der Waals surface area contributed by atoms with Crippen molar-refractivity contribution in [2.45, 2.75) is 6.54 Å². The Bertz CT molecular complexity index is 664. The number of fused-ring (bicyclic) bond motifs is 1. The monoisotopic (exact) mass is 258 g/mol. The molecule has 2 heterocycles. The normalized spacial score (nSPS) is 10.7. The molecule has 1 aromatic carbocycles. The summed E-state index contributed by atoms with van der Waals surface area (Å²) in [5.41, 5.74) is 2.85. The van der Waals surface area contributed by atoms with E-state index in [1.165, 1.54) is 0 Å². The maximum absolute atomic E-state index is 6.12. The minimum atomic E-state index is 0.665. The number of nitrogens with one attached hydrogen (secondary N) is 2. The summed E-state index contributed by atoms with van der Waals surface area (Å²) in [6.45, 7) is 0.686. The first-order valence-electron chi connectivity index (χ1n) is 5.60. The predicted octanol–water partition coefficient (Wildman–Crippen LogP) is 3.22. The van der Waals surface area contributed by atoms with Crippen LogP contribution in [0.4, 0.5) is 5.69 Å². The zero-order valence-corrected chi connectivity index (χ0v) is 10.3. The highest BCUT2D eigenvalue weighted by atomic mass is 35.5. The molecule has 5 heteroatoms. The minimum Gasteiger partial charge on any atom is -0.379 e. The maximum atomic E-state index is 6.12. The Balaban J connectivity index is 1.94. The number of anilines is 1. The van der Waals surface area contributed by atoms with Crippen LogP contribution in [0.15, 0.2) is 42.7 Å². The SMILES string of the molecule is Clc1ccc(NCc2ccn[nH]2)c2cccnc12. The van der Waals surface area contributed by atoms with E-state index in [9.17, 15) is 0 Å². The fraction of sp³-hybridized carbons (Fsp3) is 0.0769. The van der Waals surface area contributed by atoms with E-state index in [0.717, 1.165) is 22.3 Å². The fourth-order valence-corrected chi connectivity index (χ4v) is 2.08. The van der Waals surface area contributed by atoms with Crippen molar-refractivity contribution in [3.8, 4) is 0 Å². The molecule has 0 atom stereocenters. The summed E-state index contributed by atoms with van der Waals surface area (Å²) < 4.78 is 0. The van der Waals surface area contributed by atoms with Crippen LogP contribution in [-0.4, -0.2) is 15.2 Å². The Hall–Kier alpha value is -2.07. The Morgan fingerprint density at radius 2 is 2.11 bits per heavy atom. The molecule has 3 aromatic rings. The molecule has 0 aliphatic carbocycles. The zero-order chi connectivity index (χ0) is 12.4. The molecule has 0 amide bonds. The van der Waals surface area contributed by atoms with Crippen LogP contribution in [0.1, 0.15) is 5.69 Å². The molecule has 3 rings (SSSR count). The summed E-state index contributed by atoms with van der Waals surface area (Å²) in [6.07, 6.45) is 3.48. The Labute approximate surface area is 109 Å². The van der Waals surface area contributed by atoms with Gasteiger partial charge in [0.2, 0.25) is 0 Å². The average molecular weight is 259 g/mol. The van der Waals surface area contributed by atoms with Crippen LogP contribution in [0.3, 0.4) is 0 Å². The molecule has 0 aliphatic heterocycles. The third-order valence-corrected chi connectivity index (χ3v) is 3.05. The van der Waals surface area contributed by atoms with Gasteiger partial charge in [0.05, 0.1) is 22.8 Å². The minimum absolute atomic E-state index is 0.665. The number of aromatic amines is 1. The van der Waals surface area contributed by atoms with Crippen LogP contribution in [-0.2, 0) is 6.54 Å². The lowest BCUT2D eigenvalue weighted by atomic mass is 10.2. The molecule has 2 aromatic heterocycles. The Morgan fingerprint density at radius 3 is 2.94 bits per heavy atom. The summed E-state index contributed by atoms with van der Waals surface area (Å²) in [7, 11) is 0. The van der Waals surface area contributed by atoms with Crippen molar-refractivity contribution >= 4 is 28.2 Å². The number of benzene rings is 1. The molecule has 0 saturated heterocycles. The molecule has 0 saturated carbocycles. The van der Waals surface area contributed by atoms with Crippen molar-refractivity contribution in [1.82, 2.24) is 15.2 Å². The fourth-order valence-electron chi connectivity index (χ4n) is 1.87. The molecule has 0 unspecified atom stereocenters. The van der Waals surface area contributed by atoms with E-state index in [1.807, 2.05) is 30.3 Å². The first-order chi connectivity index (χ1) is 8.84. The van der Waals surface area contributed by atoms with Crippen molar-refractivity contribution in [1.29, 1.82) is 0 Å². The van der Waals surface area contributed by atoms with E-state index in [2.05, 4.69) is 20.5 Å². The van der Waals surface area contributed by atoms with Gasteiger partial charge >= 0.3 is 0 Å². The first-order valence-corrected chi connectivity index (χ1v) is 5.98. The van der Waals surface area contributed by atoms with E-state index in [-0.39, 0.29) is 0 Å². The van der Waals surface area contributed by atoms with Gasteiger partial charge in [-0.3, -0.25) is 10.1 Å². The molecule has 0 fully saturated rings. The number of aromatic nitrogens is 3. The first kappa shape index (κ1) is 11.0. The van der Waals surface area contributed by atoms with E-state index >= 15 is 0 Å². The summed E-state index contributed by atoms with van der Waals surface area (Å²) >= 11 is 6.12. The molecule has 0 spiro atoms.